The summed E-state index contributed by atoms with van der Waals surface area (Å²) in [7, 11) is 0. The first-order valence-corrected chi connectivity index (χ1v) is 12.9. The number of fused-ring (bicyclic) bond motifs is 3. The number of aromatic nitrogens is 5. The fraction of sp³-hybridized carbons (Fsp3) is 0.267. The van der Waals surface area contributed by atoms with Gasteiger partial charge in [-0.25, -0.2) is 9.78 Å². The molecule has 0 fully saturated rings. The molecule has 0 unspecified atom stereocenters. The Morgan fingerprint density at radius 2 is 1.84 bits per heavy atom. The van der Waals surface area contributed by atoms with Crippen molar-refractivity contribution in [3.63, 3.8) is 0 Å². The average molecular weight is 508 g/mol. The molecule has 2 aromatic carbocycles. The third-order valence-corrected chi connectivity index (χ3v) is 7.16. The number of H-pyrrole nitrogens is 1. The van der Waals surface area contributed by atoms with Gasteiger partial charge in [-0.15, -0.1) is 0 Å². The Labute approximate surface area is 220 Å². The molecule has 8 heteroatoms. The number of imidazole rings is 1. The second-order valence-electron chi connectivity index (χ2n) is 9.76. The minimum atomic E-state index is -0.561. The van der Waals surface area contributed by atoms with Crippen molar-refractivity contribution in [3.05, 3.63) is 104 Å². The molecule has 0 amide bonds. The van der Waals surface area contributed by atoms with E-state index in [0.29, 0.717) is 25.0 Å². The van der Waals surface area contributed by atoms with E-state index in [1.165, 1.54) is 11.1 Å². The topological polar surface area (TPSA) is 98.8 Å². The van der Waals surface area contributed by atoms with Gasteiger partial charge in [0.25, 0.3) is 6.01 Å². The molecule has 5 aromatic rings. The average Bonchev–Trinajstić information content (AvgIpc) is 3.43. The van der Waals surface area contributed by atoms with E-state index < -0.39 is 5.76 Å². The Morgan fingerprint density at radius 3 is 2.63 bits per heavy atom. The molecule has 1 N–H and O–H groups in total. The molecule has 192 valence electrons. The van der Waals surface area contributed by atoms with E-state index in [1.54, 1.807) is 0 Å². The van der Waals surface area contributed by atoms with Crippen molar-refractivity contribution < 1.29 is 9.26 Å². The van der Waals surface area contributed by atoms with Crippen molar-refractivity contribution in [1.29, 1.82) is 0 Å². The Balaban J connectivity index is 1.48. The van der Waals surface area contributed by atoms with Gasteiger partial charge < -0.3 is 4.74 Å². The molecule has 38 heavy (non-hydrogen) atoms. The lowest BCUT2D eigenvalue weighted by Crippen LogP contribution is -2.07. The van der Waals surface area contributed by atoms with Gasteiger partial charge >= 0.3 is 5.76 Å². The molecule has 3 aromatic heterocycles. The van der Waals surface area contributed by atoms with Gasteiger partial charge in [0.05, 0.1) is 13.2 Å². The van der Waals surface area contributed by atoms with Crippen LogP contribution in [0.5, 0.6) is 6.01 Å². The third-order valence-electron chi connectivity index (χ3n) is 7.16. The van der Waals surface area contributed by atoms with E-state index in [4.69, 9.17) is 19.2 Å². The van der Waals surface area contributed by atoms with Gasteiger partial charge in [-0.3, -0.25) is 14.1 Å². The Bertz CT molecular complexity index is 1770. The number of ether oxygens (including phenoxy) is 1. The van der Waals surface area contributed by atoms with Crippen molar-refractivity contribution in [2.75, 3.05) is 6.61 Å². The fourth-order valence-electron chi connectivity index (χ4n) is 5.45. The molecule has 0 spiro atoms. The monoisotopic (exact) mass is 507 g/mol. The van der Waals surface area contributed by atoms with Gasteiger partial charge in [0, 0.05) is 11.3 Å². The van der Waals surface area contributed by atoms with Gasteiger partial charge in [0.1, 0.15) is 5.52 Å². The molecule has 8 nitrogen and oxygen atoms in total. The largest absolute Gasteiger partial charge is 0.465 e. The standard InChI is InChI=1S/C30H29N5O3/c1-5-37-29-32-26-17(2)14-18(3)31-28(26)35(29)16-20-10-13-24-22(15-20)12-11-21-8-6-7-9-23(21)25(24)19(4)27-33-30(36)38-34-27/h6-10,13-15H,5,11-12,16H2,1-4H3,(H,33,34,36). The lowest BCUT2D eigenvalue weighted by molar-refractivity contribution is 0.301. The van der Waals surface area contributed by atoms with Crippen LogP contribution in [-0.4, -0.2) is 31.3 Å². The fourth-order valence-corrected chi connectivity index (χ4v) is 5.45. The van der Waals surface area contributed by atoms with Gasteiger partial charge in [-0.05, 0) is 85.6 Å². The first-order chi connectivity index (χ1) is 18.4. The summed E-state index contributed by atoms with van der Waals surface area (Å²) in [6.07, 6.45) is 1.81. The highest BCUT2D eigenvalue weighted by atomic mass is 16.5. The van der Waals surface area contributed by atoms with E-state index in [1.807, 2.05) is 32.9 Å². The third kappa shape index (κ3) is 4.12. The Hall–Kier alpha value is -4.46. The van der Waals surface area contributed by atoms with Crippen LogP contribution in [0.15, 0.2) is 57.8 Å². The first-order valence-electron chi connectivity index (χ1n) is 12.9. The molecule has 0 atom stereocenters. The number of allylic oxidation sites excluding steroid dienone is 1. The van der Waals surface area contributed by atoms with Crippen LogP contribution < -0.4 is 10.5 Å². The predicted octanol–water partition coefficient (Wildman–Crippen LogP) is 5.25. The van der Waals surface area contributed by atoms with Crippen molar-refractivity contribution in [2.24, 2.45) is 0 Å². The van der Waals surface area contributed by atoms with Crippen LogP contribution in [0, 0.1) is 13.8 Å². The molecule has 0 radical (unpaired) electrons. The van der Waals surface area contributed by atoms with Crippen molar-refractivity contribution in [2.45, 2.75) is 47.1 Å². The molecular formula is C30H29N5O3. The van der Waals surface area contributed by atoms with Crippen molar-refractivity contribution in [1.82, 2.24) is 24.7 Å². The number of aryl methyl sites for hydroxylation is 4. The molecular weight excluding hydrogens is 478 g/mol. The predicted molar refractivity (Wildman–Crippen MR) is 146 cm³/mol. The Morgan fingerprint density at radius 1 is 1.05 bits per heavy atom. The quantitative estimate of drug-likeness (QED) is 0.349. The van der Waals surface area contributed by atoms with E-state index in [2.05, 4.69) is 58.0 Å². The van der Waals surface area contributed by atoms with Crippen LogP contribution in [0.3, 0.4) is 0 Å². The van der Waals surface area contributed by atoms with Crippen LogP contribution in [0.4, 0.5) is 0 Å². The van der Waals surface area contributed by atoms with Crippen LogP contribution in [-0.2, 0) is 19.4 Å². The molecule has 3 heterocycles. The summed E-state index contributed by atoms with van der Waals surface area (Å²) in [5, 5.41) is 3.97. The lowest BCUT2D eigenvalue weighted by atomic mass is 9.89. The SMILES string of the molecule is CCOc1nc2c(C)cc(C)nc2n1Cc1ccc2c(c1)CCc1ccccc1C2=C(C)c1noc(=O)[nH]1. The van der Waals surface area contributed by atoms with Gasteiger partial charge in [-0.2, -0.15) is 4.98 Å². The van der Waals surface area contributed by atoms with Gasteiger partial charge in [0.2, 0.25) is 0 Å². The van der Waals surface area contributed by atoms with Gasteiger partial charge in [-0.1, -0.05) is 47.6 Å². The van der Waals surface area contributed by atoms with Gasteiger partial charge in [0.15, 0.2) is 11.5 Å². The molecule has 0 bridgehead atoms. The molecule has 0 saturated heterocycles. The zero-order valence-electron chi connectivity index (χ0n) is 22.0. The lowest BCUT2D eigenvalue weighted by Gasteiger charge is -2.16. The number of nitrogens with zero attached hydrogens (tertiary/aromatic N) is 4. The summed E-state index contributed by atoms with van der Waals surface area (Å²) in [6.45, 7) is 9.13. The zero-order chi connectivity index (χ0) is 26.4. The van der Waals surface area contributed by atoms with E-state index in [9.17, 15) is 4.79 Å². The maximum absolute atomic E-state index is 11.7. The zero-order valence-corrected chi connectivity index (χ0v) is 22.0. The minimum absolute atomic E-state index is 0.444. The normalized spacial score (nSPS) is 14.2. The smallest absolute Gasteiger partial charge is 0.439 e. The second kappa shape index (κ2) is 9.45. The summed E-state index contributed by atoms with van der Waals surface area (Å²) in [4.78, 5) is 24.0. The van der Waals surface area contributed by atoms with Crippen molar-refractivity contribution in [3.8, 4) is 6.01 Å². The number of aromatic amines is 1. The summed E-state index contributed by atoms with van der Waals surface area (Å²) in [5.74, 6) is -0.117. The summed E-state index contributed by atoms with van der Waals surface area (Å²) in [5.41, 5.74) is 11.6. The summed E-state index contributed by atoms with van der Waals surface area (Å²) >= 11 is 0. The van der Waals surface area contributed by atoms with Crippen molar-refractivity contribution >= 4 is 22.3 Å². The Kier molecular flexibility index (Phi) is 5.94. The maximum atomic E-state index is 11.7. The van der Waals surface area contributed by atoms with E-state index in [-0.39, 0.29) is 0 Å². The summed E-state index contributed by atoms with van der Waals surface area (Å²) < 4.78 is 12.8. The minimum Gasteiger partial charge on any atom is -0.465 e. The molecule has 0 aliphatic heterocycles. The van der Waals surface area contributed by atoms with Crippen LogP contribution in [0.2, 0.25) is 0 Å². The highest BCUT2D eigenvalue weighted by Crippen LogP contribution is 2.38. The molecule has 1 aliphatic rings. The van der Waals surface area contributed by atoms with Crippen LogP contribution >= 0.6 is 0 Å². The number of rotatable bonds is 5. The van der Waals surface area contributed by atoms with E-state index >= 15 is 0 Å². The number of benzene rings is 2. The summed E-state index contributed by atoms with van der Waals surface area (Å²) in [6, 6.07) is 17.6. The molecule has 0 saturated carbocycles. The maximum Gasteiger partial charge on any atom is 0.439 e. The molecule has 1 aliphatic carbocycles. The number of hydrogen-bond acceptors (Lipinski definition) is 6. The second-order valence-corrected chi connectivity index (χ2v) is 9.76. The first kappa shape index (κ1) is 23.9. The molecule has 6 rings (SSSR count). The highest BCUT2D eigenvalue weighted by molar-refractivity contribution is 5.98. The number of pyridine rings is 1. The number of hydrogen-bond donors (Lipinski definition) is 1. The van der Waals surface area contributed by atoms with Crippen LogP contribution in [0.25, 0.3) is 22.3 Å². The highest BCUT2D eigenvalue weighted by Gasteiger charge is 2.23. The van der Waals surface area contributed by atoms with E-state index in [0.717, 1.165) is 63.1 Å². The number of nitrogens with one attached hydrogen (secondary N) is 1. The van der Waals surface area contributed by atoms with Crippen LogP contribution in [0.1, 0.15) is 58.7 Å².